The summed E-state index contributed by atoms with van der Waals surface area (Å²) in [5.41, 5.74) is 7.30. The highest BCUT2D eigenvalue weighted by Gasteiger charge is 2.23. The monoisotopic (exact) mass is 312 g/mol. The molecular weight excluding hydrogens is 292 g/mol. The van der Waals surface area contributed by atoms with Crippen LogP contribution in [-0.4, -0.2) is 20.8 Å². The van der Waals surface area contributed by atoms with Crippen LogP contribution in [0.2, 0.25) is 0 Å². The molecule has 2 atom stereocenters. The van der Waals surface area contributed by atoms with Crippen LogP contribution in [0, 0.1) is 0 Å². The lowest BCUT2D eigenvalue weighted by atomic mass is 10.1. The predicted octanol–water partition coefficient (Wildman–Crippen LogP) is 2.61. The first-order valence-electron chi connectivity index (χ1n) is 6.76. The Morgan fingerprint density at radius 1 is 1.55 bits per heavy atom. The van der Waals surface area contributed by atoms with Crippen LogP contribution in [0.5, 0.6) is 0 Å². The number of thiophene rings is 1. The predicted molar refractivity (Wildman–Crippen MR) is 84.3 cm³/mol. The second-order valence-corrected chi connectivity index (χ2v) is 6.52. The molecule has 0 aliphatic heterocycles. The summed E-state index contributed by atoms with van der Waals surface area (Å²) < 4.78 is 1.69. The highest BCUT2D eigenvalue weighted by atomic mass is 32.2. The van der Waals surface area contributed by atoms with Gasteiger partial charge in [-0.15, -0.1) is 5.10 Å². The third kappa shape index (κ3) is 3.34. The molecule has 7 heteroatoms. The minimum atomic E-state index is -0.150. The van der Waals surface area contributed by atoms with E-state index in [1.54, 1.807) is 27.7 Å². The zero-order valence-corrected chi connectivity index (χ0v) is 13.3. The number of nitrogens with zero attached hydrogens (tertiary/aromatic N) is 2. The molecule has 0 radical (unpaired) electrons. The van der Waals surface area contributed by atoms with Crippen LogP contribution in [-0.2, 0) is 6.54 Å². The van der Waals surface area contributed by atoms with Gasteiger partial charge in [0.1, 0.15) is 0 Å². The van der Waals surface area contributed by atoms with E-state index in [9.17, 15) is 4.79 Å². The molecule has 0 aliphatic rings. The van der Waals surface area contributed by atoms with Crippen LogP contribution in [0.1, 0.15) is 37.5 Å². The van der Waals surface area contributed by atoms with Gasteiger partial charge >= 0.3 is 5.69 Å². The highest BCUT2D eigenvalue weighted by Crippen LogP contribution is 2.37. The van der Waals surface area contributed by atoms with Gasteiger partial charge in [0.25, 0.3) is 0 Å². The maximum Gasteiger partial charge on any atom is 0.343 e. The molecule has 110 valence electrons. The largest absolute Gasteiger partial charge is 0.343 e. The second-order valence-electron chi connectivity index (χ2n) is 4.63. The second kappa shape index (κ2) is 7.10. The Kier molecular flexibility index (Phi) is 5.45. The van der Waals surface area contributed by atoms with Gasteiger partial charge in [-0.25, -0.2) is 9.89 Å². The molecule has 0 saturated carbocycles. The van der Waals surface area contributed by atoms with E-state index in [1.807, 2.05) is 6.92 Å². The quantitative estimate of drug-likeness (QED) is 0.771. The molecule has 0 amide bonds. The minimum absolute atomic E-state index is 0.0384. The molecule has 0 bridgehead atoms. The molecule has 2 unspecified atom stereocenters. The Labute approximate surface area is 126 Å². The number of H-pyrrole nitrogens is 1. The van der Waals surface area contributed by atoms with Gasteiger partial charge in [0.15, 0.2) is 5.16 Å². The van der Waals surface area contributed by atoms with Crippen molar-refractivity contribution in [2.45, 2.75) is 49.7 Å². The van der Waals surface area contributed by atoms with E-state index in [4.69, 9.17) is 5.73 Å². The highest BCUT2D eigenvalue weighted by molar-refractivity contribution is 7.99. The third-order valence-electron chi connectivity index (χ3n) is 3.13. The van der Waals surface area contributed by atoms with Crippen LogP contribution < -0.4 is 11.4 Å². The third-order valence-corrected chi connectivity index (χ3v) is 5.23. The van der Waals surface area contributed by atoms with Crippen molar-refractivity contribution < 1.29 is 0 Å². The van der Waals surface area contributed by atoms with E-state index in [-0.39, 0.29) is 17.0 Å². The average molecular weight is 312 g/mol. The van der Waals surface area contributed by atoms with Gasteiger partial charge in [-0.3, -0.25) is 4.57 Å². The van der Waals surface area contributed by atoms with Gasteiger partial charge in [-0.05, 0) is 35.2 Å². The molecule has 5 nitrogen and oxygen atoms in total. The molecule has 0 spiro atoms. The lowest BCUT2D eigenvalue weighted by Gasteiger charge is -2.21. The van der Waals surface area contributed by atoms with Crippen molar-refractivity contribution in [3.05, 3.63) is 32.9 Å². The van der Waals surface area contributed by atoms with Gasteiger partial charge in [0.05, 0.1) is 5.25 Å². The summed E-state index contributed by atoms with van der Waals surface area (Å²) in [5.74, 6) is 0. The van der Waals surface area contributed by atoms with Gasteiger partial charge < -0.3 is 5.73 Å². The number of hydrogen-bond donors (Lipinski definition) is 2. The maximum absolute atomic E-state index is 11.7. The first-order chi connectivity index (χ1) is 9.67. The molecule has 2 heterocycles. The first kappa shape index (κ1) is 15.3. The molecule has 3 N–H and O–H groups in total. The first-order valence-corrected chi connectivity index (χ1v) is 8.59. The molecule has 0 aliphatic carbocycles. The minimum Gasteiger partial charge on any atom is -0.326 e. The van der Waals surface area contributed by atoms with E-state index in [2.05, 4.69) is 33.9 Å². The fourth-order valence-electron chi connectivity index (χ4n) is 1.98. The summed E-state index contributed by atoms with van der Waals surface area (Å²) in [5, 5.41) is 11.7. The summed E-state index contributed by atoms with van der Waals surface area (Å²) >= 11 is 3.23. The molecule has 0 aromatic carbocycles. The zero-order valence-electron chi connectivity index (χ0n) is 11.7. The van der Waals surface area contributed by atoms with Crippen LogP contribution in [0.25, 0.3) is 0 Å². The molecule has 0 saturated heterocycles. The standard InChI is InChI=1S/C13H20N4OS2/c1-3-6-17-12(18)15-16-13(17)20-11(10(14)4-2)9-5-7-19-8-9/h5,7-8,10-11H,3-4,6,14H2,1-2H3,(H,15,18). The SMILES string of the molecule is CCCn1c(SC(c2ccsc2)C(N)CC)n[nH]c1=O. The number of aromatic nitrogens is 3. The molecule has 20 heavy (non-hydrogen) atoms. The zero-order chi connectivity index (χ0) is 14.5. The topological polar surface area (TPSA) is 76.7 Å². The fourth-order valence-corrected chi connectivity index (χ4v) is 4.04. The number of nitrogens with two attached hydrogens (primary N) is 1. The molecule has 2 aromatic rings. The van der Waals surface area contributed by atoms with Crippen LogP contribution in [0.4, 0.5) is 0 Å². The molecule has 2 rings (SSSR count). The normalized spacial score (nSPS) is 14.3. The lowest BCUT2D eigenvalue weighted by Crippen LogP contribution is -2.26. The fraction of sp³-hybridized carbons (Fsp3) is 0.538. The summed E-state index contributed by atoms with van der Waals surface area (Å²) in [4.78, 5) is 11.7. The maximum atomic E-state index is 11.7. The van der Waals surface area contributed by atoms with Gasteiger partial charge in [-0.1, -0.05) is 25.6 Å². The Morgan fingerprint density at radius 3 is 2.95 bits per heavy atom. The van der Waals surface area contributed by atoms with E-state index in [1.165, 1.54) is 5.56 Å². The van der Waals surface area contributed by atoms with Crippen molar-refractivity contribution in [3.63, 3.8) is 0 Å². The van der Waals surface area contributed by atoms with Crippen molar-refractivity contribution in [2.24, 2.45) is 5.73 Å². The van der Waals surface area contributed by atoms with E-state index in [0.717, 1.165) is 18.0 Å². The number of aromatic amines is 1. The van der Waals surface area contributed by atoms with Crippen molar-refractivity contribution >= 4 is 23.1 Å². The van der Waals surface area contributed by atoms with E-state index in [0.29, 0.717) is 6.54 Å². The van der Waals surface area contributed by atoms with Crippen molar-refractivity contribution in [3.8, 4) is 0 Å². The van der Waals surface area contributed by atoms with Crippen molar-refractivity contribution in [1.29, 1.82) is 0 Å². The summed E-state index contributed by atoms with van der Waals surface area (Å²) in [6.07, 6.45) is 1.78. The van der Waals surface area contributed by atoms with Crippen molar-refractivity contribution in [1.82, 2.24) is 14.8 Å². The Hall–Kier alpha value is -1.05. The Balaban J connectivity index is 2.26. The summed E-state index contributed by atoms with van der Waals surface area (Å²) in [7, 11) is 0. The number of hydrogen-bond acceptors (Lipinski definition) is 5. The number of rotatable bonds is 7. The average Bonchev–Trinajstić information content (AvgIpc) is 3.08. The van der Waals surface area contributed by atoms with Crippen LogP contribution in [0.15, 0.2) is 26.8 Å². The molecular formula is C13H20N4OS2. The van der Waals surface area contributed by atoms with Gasteiger partial charge in [0, 0.05) is 12.6 Å². The van der Waals surface area contributed by atoms with Crippen LogP contribution in [0.3, 0.4) is 0 Å². The van der Waals surface area contributed by atoms with E-state index < -0.39 is 0 Å². The van der Waals surface area contributed by atoms with Gasteiger partial charge in [0.2, 0.25) is 0 Å². The van der Waals surface area contributed by atoms with Gasteiger partial charge in [-0.2, -0.15) is 11.3 Å². The lowest BCUT2D eigenvalue weighted by molar-refractivity contribution is 0.595. The molecule has 0 fully saturated rings. The smallest absolute Gasteiger partial charge is 0.326 e. The van der Waals surface area contributed by atoms with E-state index >= 15 is 0 Å². The summed E-state index contributed by atoms with van der Waals surface area (Å²) in [6.45, 7) is 4.80. The van der Waals surface area contributed by atoms with Crippen LogP contribution >= 0.6 is 23.1 Å². The molecule has 2 aromatic heterocycles. The Bertz CT molecular complexity index is 575. The number of nitrogens with one attached hydrogen (secondary N) is 1. The Morgan fingerprint density at radius 2 is 2.35 bits per heavy atom. The summed E-state index contributed by atoms with van der Waals surface area (Å²) in [6, 6.07) is 2.13. The van der Waals surface area contributed by atoms with Crippen molar-refractivity contribution in [2.75, 3.05) is 0 Å². The number of thioether (sulfide) groups is 1.